The van der Waals surface area contributed by atoms with Gasteiger partial charge in [-0.25, -0.2) is 4.68 Å². The molecule has 188 valence electrons. The Labute approximate surface area is 205 Å². The van der Waals surface area contributed by atoms with Crippen molar-refractivity contribution in [2.75, 3.05) is 20.3 Å². The van der Waals surface area contributed by atoms with Gasteiger partial charge in [-0.05, 0) is 66.8 Å². The summed E-state index contributed by atoms with van der Waals surface area (Å²) < 4.78 is 13.5. The number of methoxy groups -OCH3 is 1. The fourth-order valence-corrected chi connectivity index (χ4v) is 5.65. The number of ether oxygens (including phenoxy) is 2. The highest BCUT2D eigenvalue weighted by Gasteiger charge is 2.31. The van der Waals surface area contributed by atoms with Crippen LogP contribution in [0.3, 0.4) is 0 Å². The van der Waals surface area contributed by atoms with Gasteiger partial charge in [0.15, 0.2) is 5.82 Å². The second-order valence-corrected chi connectivity index (χ2v) is 9.84. The van der Waals surface area contributed by atoms with Gasteiger partial charge < -0.3 is 14.5 Å². The van der Waals surface area contributed by atoms with E-state index in [1.807, 2.05) is 24.3 Å². The molecule has 1 N–H and O–H groups in total. The summed E-state index contributed by atoms with van der Waals surface area (Å²) in [6.45, 7) is 4.21. The molecular formula is C26H36N6O3. The molecular weight excluding hydrogens is 444 g/mol. The Hall–Kier alpha value is -2.78. The third kappa shape index (κ3) is 5.26. The maximum absolute atomic E-state index is 13.1. The number of tetrazole rings is 1. The number of rotatable bonds is 9. The highest BCUT2D eigenvalue weighted by Crippen LogP contribution is 2.33. The van der Waals surface area contributed by atoms with Crippen molar-refractivity contribution in [1.29, 1.82) is 0 Å². The van der Waals surface area contributed by atoms with Crippen molar-refractivity contribution in [2.45, 2.75) is 83.0 Å². The van der Waals surface area contributed by atoms with E-state index in [9.17, 15) is 4.79 Å². The van der Waals surface area contributed by atoms with Gasteiger partial charge in [0.25, 0.3) is 5.56 Å². The third-order valence-corrected chi connectivity index (χ3v) is 7.53. The molecule has 2 aliphatic rings. The van der Waals surface area contributed by atoms with Crippen molar-refractivity contribution in [2.24, 2.45) is 0 Å². The molecule has 1 aliphatic heterocycles. The quantitative estimate of drug-likeness (QED) is 0.491. The average molecular weight is 481 g/mol. The van der Waals surface area contributed by atoms with Crippen LogP contribution in [-0.4, -0.2) is 56.5 Å². The summed E-state index contributed by atoms with van der Waals surface area (Å²) in [5, 5.41) is 14.0. The highest BCUT2D eigenvalue weighted by atomic mass is 16.5. The fourth-order valence-electron chi connectivity index (χ4n) is 5.65. The first kappa shape index (κ1) is 23.9. The molecule has 9 heteroatoms. The van der Waals surface area contributed by atoms with Gasteiger partial charge in [-0.3, -0.25) is 9.69 Å². The van der Waals surface area contributed by atoms with Crippen LogP contribution < -0.4 is 10.3 Å². The number of nitrogens with one attached hydrogen (secondary N) is 1. The lowest BCUT2D eigenvalue weighted by Gasteiger charge is -2.33. The van der Waals surface area contributed by atoms with E-state index in [-0.39, 0.29) is 17.7 Å². The first-order valence-corrected chi connectivity index (χ1v) is 13.0. The normalized spacial score (nSPS) is 20.0. The monoisotopic (exact) mass is 480 g/mol. The summed E-state index contributed by atoms with van der Waals surface area (Å²) in [5.74, 6) is 1.67. The van der Waals surface area contributed by atoms with Gasteiger partial charge in [-0.15, -0.1) is 5.10 Å². The summed E-state index contributed by atoms with van der Waals surface area (Å²) in [4.78, 5) is 18.5. The minimum Gasteiger partial charge on any atom is -0.497 e. The number of benzene rings is 1. The SMILES string of the molecule is CC[C@H](c1nnnn1C1CCCCC1)N(Cc1cc2cc(OC)ccc2[nH]c1=O)C[C@@H]1CCCO1. The Morgan fingerprint density at radius 2 is 2.06 bits per heavy atom. The maximum atomic E-state index is 13.1. The zero-order valence-electron chi connectivity index (χ0n) is 20.8. The molecule has 1 aliphatic carbocycles. The molecule has 0 amide bonds. The summed E-state index contributed by atoms with van der Waals surface area (Å²) >= 11 is 0. The van der Waals surface area contributed by atoms with Crippen molar-refractivity contribution in [1.82, 2.24) is 30.1 Å². The zero-order chi connectivity index (χ0) is 24.2. The highest BCUT2D eigenvalue weighted by molar-refractivity contribution is 5.80. The van der Waals surface area contributed by atoms with Crippen LogP contribution in [0.4, 0.5) is 0 Å². The van der Waals surface area contributed by atoms with E-state index in [0.29, 0.717) is 12.6 Å². The topological polar surface area (TPSA) is 98.2 Å². The molecule has 5 rings (SSSR count). The van der Waals surface area contributed by atoms with Gasteiger partial charge >= 0.3 is 0 Å². The summed E-state index contributed by atoms with van der Waals surface area (Å²) in [5.41, 5.74) is 1.46. The number of nitrogens with zero attached hydrogens (tertiary/aromatic N) is 5. The molecule has 0 radical (unpaired) electrons. The average Bonchev–Trinajstić information content (AvgIpc) is 3.58. The summed E-state index contributed by atoms with van der Waals surface area (Å²) in [6.07, 6.45) is 9.07. The lowest BCUT2D eigenvalue weighted by atomic mass is 9.95. The molecule has 3 aromatic rings. The molecule has 2 aromatic heterocycles. The molecule has 2 atom stereocenters. The molecule has 1 saturated heterocycles. The zero-order valence-corrected chi connectivity index (χ0v) is 20.8. The van der Waals surface area contributed by atoms with Crippen LogP contribution >= 0.6 is 0 Å². The van der Waals surface area contributed by atoms with Crippen LogP contribution in [0.1, 0.15) is 81.8 Å². The first-order chi connectivity index (χ1) is 17.2. The van der Waals surface area contributed by atoms with E-state index in [1.165, 1.54) is 19.3 Å². The number of H-pyrrole nitrogens is 1. The molecule has 0 unspecified atom stereocenters. The van der Waals surface area contributed by atoms with Gasteiger partial charge in [0.2, 0.25) is 0 Å². The number of aromatic nitrogens is 5. The van der Waals surface area contributed by atoms with Gasteiger partial charge in [-0.1, -0.05) is 26.2 Å². The Morgan fingerprint density at radius 1 is 1.20 bits per heavy atom. The standard InChI is InChI=1S/C26H36N6O3/c1-3-24(25-28-29-30-32(25)20-8-5-4-6-9-20)31(17-22-10-7-13-35-22)16-19-14-18-15-21(34-2)11-12-23(18)27-26(19)33/h11-12,14-15,20,22,24H,3-10,13,16-17H2,1-2H3,(H,27,33)/t22-,24+/m0/s1. The number of aromatic amines is 1. The van der Waals surface area contributed by atoms with Crippen LogP contribution in [-0.2, 0) is 11.3 Å². The van der Waals surface area contributed by atoms with Gasteiger partial charge in [0.1, 0.15) is 5.75 Å². The molecule has 0 spiro atoms. The first-order valence-electron chi connectivity index (χ1n) is 13.0. The lowest BCUT2D eigenvalue weighted by Crippen LogP contribution is -2.38. The van der Waals surface area contributed by atoms with Gasteiger partial charge in [0.05, 0.1) is 25.3 Å². The maximum Gasteiger partial charge on any atom is 0.252 e. The van der Waals surface area contributed by atoms with Crippen molar-refractivity contribution in [3.63, 3.8) is 0 Å². The minimum absolute atomic E-state index is 0.00321. The van der Waals surface area contributed by atoms with Crippen LogP contribution in [0.5, 0.6) is 5.75 Å². The molecule has 3 heterocycles. The molecule has 1 aromatic carbocycles. The Balaban J connectivity index is 1.48. The van der Waals surface area contributed by atoms with E-state index < -0.39 is 0 Å². The molecule has 0 bridgehead atoms. The second kappa shape index (κ2) is 10.9. The molecule has 1 saturated carbocycles. The van der Waals surface area contributed by atoms with Crippen LogP contribution in [0.2, 0.25) is 0 Å². The Kier molecular flexibility index (Phi) is 7.43. The third-order valence-electron chi connectivity index (χ3n) is 7.53. The number of hydrogen-bond acceptors (Lipinski definition) is 7. The fraction of sp³-hybridized carbons (Fsp3) is 0.615. The Morgan fingerprint density at radius 3 is 2.80 bits per heavy atom. The van der Waals surface area contributed by atoms with E-state index in [4.69, 9.17) is 9.47 Å². The van der Waals surface area contributed by atoms with E-state index in [1.54, 1.807) is 7.11 Å². The second-order valence-electron chi connectivity index (χ2n) is 9.84. The van der Waals surface area contributed by atoms with Crippen LogP contribution in [0.25, 0.3) is 10.9 Å². The smallest absolute Gasteiger partial charge is 0.252 e. The number of hydrogen-bond donors (Lipinski definition) is 1. The predicted molar refractivity (Wildman–Crippen MR) is 133 cm³/mol. The molecule has 2 fully saturated rings. The van der Waals surface area contributed by atoms with Crippen LogP contribution in [0, 0.1) is 0 Å². The van der Waals surface area contributed by atoms with Crippen molar-refractivity contribution in [3.8, 4) is 5.75 Å². The van der Waals surface area contributed by atoms with Crippen molar-refractivity contribution >= 4 is 10.9 Å². The van der Waals surface area contributed by atoms with E-state index in [2.05, 4.69) is 37.0 Å². The van der Waals surface area contributed by atoms with Crippen molar-refractivity contribution in [3.05, 3.63) is 46.0 Å². The molecule has 9 nitrogen and oxygen atoms in total. The van der Waals surface area contributed by atoms with Gasteiger partial charge in [-0.2, -0.15) is 0 Å². The van der Waals surface area contributed by atoms with Gasteiger partial charge in [0, 0.05) is 36.2 Å². The Bertz CT molecular complexity index is 1180. The van der Waals surface area contributed by atoms with Crippen LogP contribution in [0.15, 0.2) is 29.1 Å². The summed E-state index contributed by atoms with van der Waals surface area (Å²) in [6, 6.07) is 8.03. The van der Waals surface area contributed by atoms with E-state index >= 15 is 0 Å². The van der Waals surface area contributed by atoms with E-state index in [0.717, 1.165) is 73.3 Å². The van der Waals surface area contributed by atoms with Crippen molar-refractivity contribution < 1.29 is 9.47 Å². The molecule has 35 heavy (non-hydrogen) atoms. The summed E-state index contributed by atoms with van der Waals surface area (Å²) in [7, 11) is 1.65. The minimum atomic E-state index is -0.0678. The number of fused-ring (bicyclic) bond motifs is 1. The number of pyridine rings is 1. The predicted octanol–water partition coefficient (Wildman–Crippen LogP) is 4.16. The largest absolute Gasteiger partial charge is 0.497 e. The lowest BCUT2D eigenvalue weighted by molar-refractivity contribution is 0.0481.